The van der Waals surface area contributed by atoms with E-state index in [2.05, 4.69) is 5.32 Å². The predicted octanol–water partition coefficient (Wildman–Crippen LogP) is 2.56. The molecule has 2 N–H and O–H groups in total. The highest BCUT2D eigenvalue weighted by Gasteiger charge is 2.22. The van der Waals surface area contributed by atoms with Crippen molar-refractivity contribution in [1.82, 2.24) is 5.32 Å². The molecule has 2 aromatic rings. The minimum absolute atomic E-state index is 0.172. The summed E-state index contributed by atoms with van der Waals surface area (Å²) in [7, 11) is 0. The number of carboxylic acid groups (broad SMARTS) is 1. The van der Waals surface area contributed by atoms with Crippen LogP contribution in [0, 0.1) is 20.8 Å². The van der Waals surface area contributed by atoms with Crippen molar-refractivity contribution < 1.29 is 19.1 Å². The first kappa shape index (κ1) is 14.1. The largest absolute Gasteiger partial charge is 0.480 e. The molecule has 5 heteroatoms. The minimum atomic E-state index is -1.08. The van der Waals surface area contributed by atoms with Crippen molar-refractivity contribution in [1.29, 1.82) is 0 Å². The Morgan fingerprint density at radius 2 is 1.80 bits per heavy atom. The SMILES string of the molecule is Cc1ccc(C)c2c(C)c(C(=O)N[C@@H](C)C(=O)O)oc12. The van der Waals surface area contributed by atoms with E-state index in [4.69, 9.17) is 9.52 Å². The van der Waals surface area contributed by atoms with Gasteiger partial charge in [-0.3, -0.25) is 9.59 Å². The van der Waals surface area contributed by atoms with Crippen LogP contribution >= 0.6 is 0 Å². The van der Waals surface area contributed by atoms with Crippen molar-refractivity contribution in [2.24, 2.45) is 0 Å². The maximum atomic E-state index is 12.1. The summed E-state index contributed by atoms with van der Waals surface area (Å²) in [5.41, 5.74) is 3.38. The summed E-state index contributed by atoms with van der Waals surface area (Å²) < 4.78 is 5.65. The minimum Gasteiger partial charge on any atom is -0.480 e. The molecule has 0 spiro atoms. The second-order valence-electron chi connectivity index (χ2n) is 4.99. The summed E-state index contributed by atoms with van der Waals surface area (Å²) >= 11 is 0. The summed E-state index contributed by atoms with van der Waals surface area (Å²) in [6.45, 7) is 7.07. The van der Waals surface area contributed by atoms with Gasteiger partial charge in [0.05, 0.1) is 0 Å². The highest BCUT2D eigenvalue weighted by molar-refractivity contribution is 6.01. The number of furan rings is 1. The van der Waals surface area contributed by atoms with Gasteiger partial charge in [-0.1, -0.05) is 12.1 Å². The van der Waals surface area contributed by atoms with Gasteiger partial charge in [0, 0.05) is 10.9 Å². The molecular formula is C15H17NO4. The number of fused-ring (bicyclic) bond motifs is 1. The summed E-state index contributed by atoms with van der Waals surface area (Å²) in [6.07, 6.45) is 0. The number of aliphatic carboxylic acids is 1. The van der Waals surface area contributed by atoms with Crippen molar-refractivity contribution in [3.05, 3.63) is 34.6 Å². The van der Waals surface area contributed by atoms with Crippen LogP contribution in [0.2, 0.25) is 0 Å². The quantitative estimate of drug-likeness (QED) is 0.902. The fraction of sp³-hybridized carbons (Fsp3) is 0.333. The second-order valence-corrected chi connectivity index (χ2v) is 4.99. The molecule has 0 fully saturated rings. The van der Waals surface area contributed by atoms with Crippen molar-refractivity contribution in [2.75, 3.05) is 0 Å². The first-order valence-electron chi connectivity index (χ1n) is 6.36. The molecule has 1 atom stereocenters. The third kappa shape index (κ3) is 2.27. The lowest BCUT2D eigenvalue weighted by Gasteiger charge is -2.07. The Labute approximate surface area is 116 Å². The first-order chi connectivity index (χ1) is 9.32. The summed E-state index contributed by atoms with van der Waals surface area (Å²) in [5, 5.41) is 12.1. The smallest absolute Gasteiger partial charge is 0.325 e. The molecule has 0 bridgehead atoms. The molecule has 2 rings (SSSR count). The van der Waals surface area contributed by atoms with Crippen molar-refractivity contribution in [3.8, 4) is 0 Å². The Hall–Kier alpha value is -2.30. The fourth-order valence-corrected chi connectivity index (χ4v) is 2.22. The van der Waals surface area contributed by atoms with E-state index < -0.39 is 17.9 Å². The van der Waals surface area contributed by atoms with Gasteiger partial charge in [-0.2, -0.15) is 0 Å². The van der Waals surface area contributed by atoms with Crippen LogP contribution in [0.1, 0.15) is 34.2 Å². The molecule has 1 heterocycles. The molecule has 0 saturated heterocycles. The van der Waals surface area contributed by atoms with Crippen LogP contribution in [-0.2, 0) is 4.79 Å². The number of carbonyl (C=O) groups excluding carboxylic acids is 1. The van der Waals surface area contributed by atoms with E-state index in [1.165, 1.54) is 6.92 Å². The third-order valence-corrected chi connectivity index (χ3v) is 3.41. The van der Waals surface area contributed by atoms with Crippen LogP contribution in [0.25, 0.3) is 11.0 Å². The summed E-state index contributed by atoms with van der Waals surface area (Å²) in [6, 6.07) is 2.95. The highest BCUT2D eigenvalue weighted by Crippen LogP contribution is 2.30. The summed E-state index contributed by atoms with van der Waals surface area (Å²) in [4.78, 5) is 22.9. The first-order valence-corrected chi connectivity index (χ1v) is 6.36. The molecule has 20 heavy (non-hydrogen) atoms. The van der Waals surface area contributed by atoms with Gasteiger partial charge >= 0.3 is 5.97 Å². The maximum absolute atomic E-state index is 12.1. The Bertz CT molecular complexity index is 699. The number of amides is 1. The Morgan fingerprint density at radius 1 is 1.20 bits per heavy atom. The molecule has 5 nitrogen and oxygen atoms in total. The molecule has 0 saturated carbocycles. The molecule has 0 aliphatic carbocycles. The number of hydrogen-bond acceptors (Lipinski definition) is 3. The standard InChI is InChI=1S/C15H17NO4/c1-7-5-6-8(2)12-11(7)9(3)13(20-12)14(17)16-10(4)15(18)19/h5-6,10H,1-4H3,(H,16,17)(H,18,19)/t10-/m0/s1. The van der Waals surface area contributed by atoms with Gasteiger partial charge < -0.3 is 14.8 Å². The van der Waals surface area contributed by atoms with Gasteiger partial charge in [0.25, 0.3) is 5.91 Å². The molecule has 0 unspecified atom stereocenters. The average Bonchev–Trinajstić information content (AvgIpc) is 2.73. The van der Waals surface area contributed by atoms with E-state index in [0.717, 1.165) is 22.1 Å². The maximum Gasteiger partial charge on any atom is 0.325 e. The predicted molar refractivity (Wildman–Crippen MR) is 75.0 cm³/mol. The molecule has 106 valence electrons. The Kier molecular flexibility index (Phi) is 3.53. The van der Waals surface area contributed by atoms with E-state index >= 15 is 0 Å². The number of benzene rings is 1. The number of rotatable bonds is 3. The fourth-order valence-electron chi connectivity index (χ4n) is 2.22. The number of hydrogen-bond donors (Lipinski definition) is 2. The van der Waals surface area contributed by atoms with E-state index in [1.807, 2.05) is 26.0 Å². The van der Waals surface area contributed by atoms with Crippen LogP contribution in [0.15, 0.2) is 16.5 Å². The second kappa shape index (κ2) is 5.00. The molecule has 1 amide bonds. The number of carbonyl (C=O) groups is 2. The van der Waals surface area contributed by atoms with Crippen molar-refractivity contribution >= 4 is 22.8 Å². The average molecular weight is 275 g/mol. The molecule has 0 aliphatic heterocycles. The van der Waals surface area contributed by atoms with Gasteiger partial charge in [-0.25, -0.2) is 0 Å². The van der Waals surface area contributed by atoms with Crippen molar-refractivity contribution in [2.45, 2.75) is 33.7 Å². The summed E-state index contributed by atoms with van der Waals surface area (Å²) in [5.74, 6) is -1.42. The van der Waals surface area contributed by atoms with E-state index in [-0.39, 0.29) is 5.76 Å². The van der Waals surface area contributed by atoms with Gasteiger partial charge in [0.15, 0.2) is 5.76 Å². The van der Waals surface area contributed by atoms with Gasteiger partial charge in [0.1, 0.15) is 11.6 Å². The number of carboxylic acids is 1. The third-order valence-electron chi connectivity index (χ3n) is 3.41. The highest BCUT2D eigenvalue weighted by atomic mass is 16.4. The monoisotopic (exact) mass is 275 g/mol. The lowest BCUT2D eigenvalue weighted by atomic mass is 10.0. The van der Waals surface area contributed by atoms with E-state index in [1.54, 1.807) is 6.92 Å². The molecule has 1 aromatic heterocycles. The normalized spacial score (nSPS) is 12.4. The van der Waals surface area contributed by atoms with Crippen LogP contribution < -0.4 is 5.32 Å². The zero-order valence-corrected chi connectivity index (χ0v) is 11.9. The van der Waals surface area contributed by atoms with Crippen LogP contribution in [0.5, 0.6) is 0 Å². The zero-order valence-electron chi connectivity index (χ0n) is 11.9. The molecule has 0 radical (unpaired) electrons. The van der Waals surface area contributed by atoms with Crippen molar-refractivity contribution in [3.63, 3.8) is 0 Å². The van der Waals surface area contributed by atoms with E-state index in [0.29, 0.717) is 5.58 Å². The molecule has 1 aromatic carbocycles. The zero-order chi connectivity index (χ0) is 15.0. The lowest BCUT2D eigenvalue weighted by molar-refractivity contribution is -0.138. The molecule has 0 aliphatic rings. The van der Waals surface area contributed by atoms with Crippen LogP contribution in [0.3, 0.4) is 0 Å². The van der Waals surface area contributed by atoms with Gasteiger partial charge in [-0.05, 0) is 38.8 Å². The number of nitrogens with one attached hydrogen (secondary N) is 1. The Morgan fingerprint density at radius 3 is 2.35 bits per heavy atom. The lowest BCUT2D eigenvalue weighted by Crippen LogP contribution is -2.38. The topological polar surface area (TPSA) is 79.5 Å². The van der Waals surface area contributed by atoms with E-state index in [9.17, 15) is 9.59 Å². The Balaban J connectivity index is 2.48. The number of aryl methyl sites for hydroxylation is 3. The van der Waals surface area contributed by atoms with Crippen LogP contribution in [-0.4, -0.2) is 23.0 Å². The van der Waals surface area contributed by atoms with Gasteiger partial charge in [0.2, 0.25) is 0 Å². The van der Waals surface area contributed by atoms with Gasteiger partial charge in [-0.15, -0.1) is 0 Å². The van der Waals surface area contributed by atoms with Crippen LogP contribution in [0.4, 0.5) is 0 Å². The molecular weight excluding hydrogens is 258 g/mol.